The number of nitrogens with one attached hydrogen (secondary N) is 2. The summed E-state index contributed by atoms with van der Waals surface area (Å²) in [5.74, 6) is 0.459. The maximum Gasteiger partial charge on any atom is 0.166 e. The molecule has 6 heteroatoms. The number of halogens is 1. The average Bonchev–Trinajstić information content (AvgIpc) is 2.69. The normalized spacial score (nSPS) is 12.0. The molecule has 0 amide bonds. The van der Waals surface area contributed by atoms with Crippen LogP contribution >= 0.6 is 0 Å². The fourth-order valence-electron chi connectivity index (χ4n) is 3.15. The lowest BCUT2D eigenvalue weighted by molar-refractivity contribution is 0.503. The van der Waals surface area contributed by atoms with Crippen LogP contribution < -0.4 is 10.6 Å². The minimum Gasteiger partial charge on any atom is -0.365 e. The molecule has 1 atom stereocenters. The summed E-state index contributed by atoms with van der Waals surface area (Å²) in [6, 6.07) is 12.9. The van der Waals surface area contributed by atoms with Gasteiger partial charge in [0.15, 0.2) is 17.5 Å². The van der Waals surface area contributed by atoms with Crippen LogP contribution in [0.25, 0.3) is 10.9 Å². The number of aromatic nitrogens is 2. The third-order valence-corrected chi connectivity index (χ3v) is 4.55. The van der Waals surface area contributed by atoms with Gasteiger partial charge in [0.1, 0.15) is 6.07 Å². The molecule has 0 aliphatic heterocycles. The fourth-order valence-corrected chi connectivity index (χ4v) is 3.15. The van der Waals surface area contributed by atoms with Gasteiger partial charge in [-0.3, -0.25) is 4.98 Å². The van der Waals surface area contributed by atoms with Crippen molar-refractivity contribution >= 4 is 28.2 Å². The molecule has 1 aromatic carbocycles. The Morgan fingerprint density at radius 2 is 2.00 bits per heavy atom. The van der Waals surface area contributed by atoms with Gasteiger partial charge in [0.2, 0.25) is 0 Å². The highest BCUT2D eigenvalue weighted by atomic mass is 19.1. The number of anilines is 3. The Bertz CT molecular complexity index is 1010. The third-order valence-electron chi connectivity index (χ3n) is 4.55. The summed E-state index contributed by atoms with van der Waals surface area (Å²) in [5, 5.41) is 16.7. The summed E-state index contributed by atoms with van der Waals surface area (Å²) in [6.07, 6.45) is 3.52. The molecule has 0 aliphatic carbocycles. The summed E-state index contributed by atoms with van der Waals surface area (Å²) < 4.78 is 14.5. The molecule has 3 rings (SSSR count). The van der Waals surface area contributed by atoms with Gasteiger partial charge in [-0.15, -0.1) is 0 Å². The molecule has 2 heterocycles. The molecule has 144 valence electrons. The van der Waals surface area contributed by atoms with Crippen LogP contribution in [0, 0.1) is 23.1 Å². The Kier molecular flexibility index (Phi) is 6.05. The van der Waals surface area contributed by atoms with E-state index >= 15 is 0 Å². The lowest BCUT2D eigenvalue weighted by Gasteiger charge is -2.20. The van der Waals surface area contributed by atoms with E-state index in [0.717, 1.165) is 29.4 Å². The molecule has 0 spiro atoms. The third kappa shape index (κ3) is 4.55. The minimum absolute atomic E-state index is 0.120. The number of pyridine rings is 2. The van der Waals surface area contributed by atoms with E-state index < -0.39 is 5.82 Å². The summed E-state index contributed by atoms with van der Waals surface area (Å²) in [6.45, 7) is 6.33. The molecule has 0 fully saturated rings. The van der Waals surface area contributed by atoms with Crippen LogP contribution in [-0.4, -0.2) is 16.0 Å². The Hall–Kier alpha value is -3.20. The van der Waals surface area contributed by atoms with Crippen molar-refractivity contribution in [2.75, 3.05) is 10.6 Å². The van der Waals surface area contributed by atoms with Crippen molar-refractivity contribution in [3.63, 3.8) is 0 Å². The van der Waals surface area contributed by atoms with Crippen molar-refractivity contribution in [1.82, 2.24) is 9.97 Å². The highest BCUT2D eigenvalue weighted by molar-refractivity contribution is 5.83. The SMILES string of the molecule is CC[C@@H](CC(C)C)Nc1nc(Nc2ccc3ncccc3c2)c(C#N)cc1F. The first-order chi connectivity index (χ1) is 13.5. The maximum atomic E-state index is 14.5. The molecule has 0 radical (unpaired) electrons. The van der Waals surface area contributed by atoms with Crippen molar-refractivity contribution in [2.45, 2.75) is 39.7 Å². The molecule has 3 aromatic rings. The number of rotatable bonds is 7. The highest BCUT2D eigenvalue weighted by Crippen LogP contribution is 2.26. The first kappa shape index (κ1) is 19.6. The van der Waals surface area contributed by atoms with Crippen LogP contribution in [0.1, 0.15) is 39.2 Å². The van der Waals surface area contributed by atoms with Gasteiger partial charge >= 0.3 is 0 Å². The Morgan fingerprint density at radius 3 is 2.71 bits per heavy atom. The van der Waals surface area contributed by atoms with Gasteiger partial charge in [0, 0.05) is 23.3 Å². The number of benzene rings is 1. The zero-order valence-electron chi connectivity index (χ0n) is 16.3. The molecule has 0 aliphatic rings. The molecule has 2 aromatic heterocycles. The summed E-state index contributed by atoms with van der Waals surface area (Å²) >= 11 is 0. The molecule has 0 saturated heterocycles. The van der Waals surface area contributed by atoms with Crippen molar-refractivity contribution in [3.8, 4) is 6.07 Å². The first-order valence-corrected chi connectivity index (χ1v) is 9.49. The quantitative estimate of drug-likeness (QED) is 0.559. The van der Waals surface area contributed by atoms with E-state index in [1.54, 1.807) is 6.20 Å². The van der Waals surface area contributed by atoms with Gasteiger partial charge < -0.3 is 10.6 Å². The second-order valence-electron chi connectivity index (χ2n) is 7.24. The van der Waals surface area contributed by atoms with E-state index in [-0.39, 0.29) is 17.4 Å². The lowest BCUT2D eigenvalue weighted by atomic mass is 10.0. The summed E-state index contributed by atoms with van der Waals surface area (Å²) in [4.78, 5) is 8.68. The first-order valence-electron chi connectivity index (χ1n) is 9.49. The van der Waals surface area contributed by atoms with Crippen LogP contribution in [0.2, 0.25) is 0 Å². The second kappa shape index (κ2) is 8.66. The van der Waals surface area contributed by atoms with Crippen molar-refractivity contribution in [1.29, 1.82) is 5.26 Å². The topological polar surface area (TPSA) is 73.6 Å². The smallest absolute Gasteiger partial charge is 0.166 e. The molecule has 0 saturated carbocycles. The number of nitriles is 1. The Balaban J connectivity index is 1.91. The van der Waals surface area contributed by atoms with E-state index in [9.17, 15) is 9.65 Å². The molecule has 0 unspecified atom stereocenters. The second-order valence-corrected chi connectivity index (χ2v) is 7.24. The predicted molar refractivity (Wildman–Crippen MR) is 111 cm³/mol. The van der Waals surface area contributed by atoms with E-state index in [1.165, 1.54) is 6.07 Å². The molecule has 28 heavy (non-hydrogen) atoms. The summed E-state index contributed by atoms with van der Waals surface area (Å²) in [7, 11) is 0. The fraction of sp³-hybridized carbons (Fsp3) is 0.318. The van der Waals surface area contributed by atoms with Crippen LogP contribution in [0.15, 0.2) is 42.6 Å². The van der Waals surface area contributed by atoms with E-state index in [0.29, 0.717) is 11.7 Å². The predicted octanol–water partition coefficient (Wildman–Crippen LogP) is 5.62. The van der Waals surface area contributed by atoms with Gasteiger partial charge in [-0.05, 0) is 49.1 Å². The average molecular weight is 377 g/mol. The van der Waals surface area contributed by atoms with Gasteiger partial charge in [0.25, 0.3) is 0 Å². The number of hydrogen-bond acceptors (Lipinski definition) is 5. The van der Waals surface area contributed by atoms with Gasteiger partial charge in [-0.25, -0.2) is 9.37 Å². The molecule has 5 nitrogen and oxygen atoms in total. The Labute approximate surface area is 164 Å². The molecule has 0 bridgehead atoms. The van der Waals surface area contributed by atoms with Crippen molar-refractivity contribution in [3.05, 3.63) is 54.0 Å². The van der Waals surface area contributed by atoms with Gasteiger partial charge in [-0.1, -0.05) is 26.8 Å². The summed E-state index contributed by atoms with van der Waals surface area (Å²) in [5.41, 5.74) is 1.80. The van der Waals surface area contributed by atoms with Crippen LogP contribution in [0.5, 0.6) is 0 Å². The highest BCUT2D eigenvalue weighted by Gasteiger charge is 2.16. The lowest BCUT2D eigenvalue weighted by Crippen LogP contribution is -2.22. The number of hydrogen-bond donors (Lipinski definition) is 2. The van der Waals surface area contributed by atoms with Crippen LogP contribution in [0.3, 0.4) is 0 Å². The van der Waals surface area contributed by atoms with Crippen molar-refractivity contribution < 1.29 is 4.39 Å². The van der Waals surface area contributed by atoms with E-state index in [2.05, 4.69) is 41.4 Å². The molecule has 2 N–H and O–H groups in total. The van der Waals surface area contributed by atoms with Crippen LogP contribution in [-0.2, 0) is 0 Å². The zero-order valence-corrected chi connectivity index (χ0v) is 16.3. The van der Waals surface area contributed by atoms with Crippen LogP contribution in [0.4, 0.5) is 21.7 Å². The van der Waals surface area contributed by atoms with E-state index in [1.807, 2.05) is 36.4 Å². The van der Waals surface area contributed by atoms with Gasteiger partial charge in [0.05, 0.1) is 11.1 Å². The number of fused-ring (bicyclic) bond motifs is 1. The Morgan fingerprint density at radius 1 is 1.18 bits per heavy atom. The maximum absolute atomic E-state index is 14.5. The van der Waals surface area contributed by atoms with Gasteiger partial charge in [-0.2, -0.15) is 5.26 Å². The standard InChI is InChI=1S/C22H24FN5/c1-4-17(10-14(2)3)26-22-19(23)12-16(13-24)21(28-22)27-18-7-8-20-15(11-18)6-5-9-25-20/h5-9,11-12,14,17H,4,10H2,1-3H3,(H2,26,27,28)/t17-/m0/s1. The monoisotopic (exact) mass is 377 g/mol. The molecular formula is C22H24FN5. The van der Waals surface area contributed by atoms with Crippen molar-refractivity contribution in [2.24, 2.45) is 5.92 Å². The minimum atomic E-state index is -0.521. The largest absolute Gasteiger partial charge is 0.365 e. The molecular weight excluding hydrogens is 353 g/mol. The zero-order chi connectivity index (χ0) is 20.1. The van der Waals surface area contributed by atoms with E-state index in [4.69, 9.17) is 0 Å². The number of nitrogens with zero attached hydrogens (tertiary/aromatic N) is 3.